The van der Waals surface area contributed by atoms with Crippen LogP contribution in [0, 0.1) is 0 Å². The van der Waals surface area contributed by atoms with Crippen LogP contribution in [0.3, 0.4) is 0 Å². The van der Waals surface area contributed by atoms with Crippen molar-refractivity contribution in [3.63, 3.8) is 0 Å². The quantitative estimate of drug-likeness (QED) is 0.935. The largest absolute Gasteiger partial charge is 0.353 e. The number of carbonyl (C=O) groups is 1. The van der Waals surface area contributed by atoms with Gasteiger partial charge in [0.1, 0.15) is 0 Å². The van der Waals surface area contributed by atoms with E-state index in [-0.39, 0.29) is 11.8 Å². The van der Waals surface area contributed by atoms with E-state index in [9.17, 15) is 4.79 Å². The van der Waals surface area contributed by atoms with Gasteiger partial charge in [0, 0.05) is 37.6 Å². The standard InChI is InChI=1S/C17H22N4OS/c1-20-11-18-15-10-21(8-13-6-3-7-23-13)9-14(16(15)20)17(22)19-12-4-2-5-12/h3,6-7,11-12,14H,2,4-5,8-10H2,1H3,(H,19,22)/t14-/m0/s1. The molecule has 0 radical (unpaired) electrons. The number of rotatable bonds is 4. The van der Waals surface area contributed by atoms with Crippen molar-refractivity contribution in [1.82, 2.24) is 19.8 Å². The molecule has 0 aromatic carbocycles. The van der Waals surface area contributed by atoms with Gasteiger partial charge in [-0.3, -0.25) is 9.69 Å². The van der Waals surface area contributed by atoms with Crippen LogP contribution in [0.1, 0.15) is 41.4 Å². The lowest BCUT2D eigenvalue weighted by Crippen LogP contribution is -2.46. The summed E-state index contributed by atoms with van der Waals surface area (Å²) in [5.41, 5.74) is 2.13. The van der Waals surface area contributed by atoms with E-state index < -0.39 is 0 Å². The molecule has 4 rings (SSSR count). The van der Waals surface area contributed by atoms with Crippen molar-refractivity contribution in [1.29, 1.82) is 0 Å². The summed E-state index contributed by atoms with van der Waals surface area (Å²) in [6.45, 7) is 2.48. The molecule has 1 fully saturated rings. The average Bonchev–Trinajstić information content (AvgIpc) is 3.12. The minimum atomic E-state index is -0.119. The van der Waals surface area contributed by atoms with E-state index >= 15 is 0 Å². The van der Waals surface area contributed by atoms with Crippen LogP contribution >= 0.6 is 11.3 Å². The molecular formula is C17H22N4OS. The van der Waals surface area contributed by atoms with Gasteiger partial charge in [-0.2, -0.15) is 0 Å². The lowest BCUT2D eigenvalue weighted by Gasteiger charge is -2.34. The Hall–Kier alpha value is -1.66. The molecule has 3 heterocycles. The smallest absolute Gasteiger partial charge is 0.230 e. The number of nitrogens with one attached hydrogen (secondary N) is 1. The Bertz CT molecular complexity index is 690. The average molecular weight is 330 g/mol. The summed E-state index contributed by atoms with van der Waals surface area (Å²) < 4.78 is 2.02. The second-order valence-corrected chi connectivity index (χ2v) is 7.66. The van der Waals surface area contributed by atoms with E-state index in [1.54, 1.807) is 11.3 Å². The number of hydrogen-bond acceptors (Lipinski definition) is 4. The Morgan fingerprint density at radius 1 is 1.48 bits per heavy atom. The highest BCUT2D eigenvalue weighted by molar-refractivity contribution is 7.09. The Balaban J connectivity index is 1.55. The third-order valence-electron chi connectivity index (χ3n) is 4.93. The summed E-state index contributed by atoms with van der Waals surface area (Å²) in [5.74, 6) is 0.0437. The van der Waals surface area contributed by atoms with Gasteiger partial charge in [0.2, 0.25) is 5.91 Å². The maximum absolute atomic E-state index is 12.8. The minimum absolute atomic E-state index is 0.119. The van der Waals surface area contributed by atoms with Crippen molar-refractivity contribution in [3.8, 4) is 0 Å². The van der Waals surface area contributed by atoms with Crippen LogP contribution in [0.15, 0.2) is 23.8 Å². The molecule has 1 N–H and O–H groups in total. The van der Waals surface area contributed by atoms with Crippen molar-refractivity contribution < 1.29 is 4.79 Å². The van der Waals surface area contributed by atoms with E-state index in [1.165, 1.54) is 11.3 Å². The molecule has 1 aliphatic heterocycles. The first-order valence-corrected chi connectivity index (χ1v) is 9.14. The first kappa shape index (κ1) is 14.9. The van der Waals surface area contributed by atoms with Crippen LogP contribution in [0.4, 0.5) is 0 Å². The highest BCUT2D eigenvalue weighted by atomic mass is 32.1. The lowest BCUT2D eigenvalue weighted by atomic mass is 9.91. The van der Waals surface area contributed by atoms with Crippen LogP contribution in [0.2, 0.25) is 0 Å². The van der Waals surface area contributed by atoms with Crippen LogP contribution in [0.25, 0.3) is 0 Å². The van der Waals surface area contributed by atoms with Gasteiger partial charge in [0.15, 0.2) is 0 Å². The highest BCUT2D eigenvalue weighted by Gasteiger charge is 2.35. The van der Waals surface area contributed by atoms with E-state index in [4.69, 9.17) is 0 Å². The van der Waals surface area contributed by atoms with Gasteiger partial charge in [0.25, 0.3) is 0 Å². The molecule has 1 saturated carbocycles. The molecule has 0 bridgehead atoms. The van der Waals surface area contributed by atoms with Gasteiger partial charge >= 0.3 is 0 Å². The molecule has 122 valence electrons. The SMILES string of the molecule is Cn1cnc2c1[C@@H](C(=O)NC1CCC1)CN(Cc1cccs1)C2. The summed E-state index contributed by atoms with van der Waals surface area (Å²) in [5, 5.41) is 5.32. The molecule has 1 aliphatic carbocycles. The molecule has 2 aliphatic rings. The van der Waals surface area contributed by atoms with E-state index in [0.717, 1.165) is 43.9 Å². The first-order valence-electron chi connectivity index (χ1n) is 8.26. The Morgan fingerprint density at radius 2 is 2.35 bits per heavy atom. The molecular weight excluding hydrogens is 308 g/mol. The number of fused-ring (bicyclic) bond motifs is 1. The maximum Gasteiger partial charge on any atom is 0.230 e. The van der Waals surface area contributed by atoms with Gasteiger partial charge in [-0.15, -0.1) is 11.3 Å². The van der Waals surface area contributed by atoms with Crippen molar-refractivity contribution in [2.75, 3.05) is 6.54 Å². The van der Waals surface area contributed by atoms with Gasteiger partial charge < -0.3 is 9.88 Å². The molecule has 0 unspecified atom stereocenters. The zero-order valence-electron chi connectivity index (χ0n) is 13.4. The first-order chi connectivity index (χ1) is 11.2. The van der Waals surface area contributed by atoms with Crippen LogP contribution in [0.5, 0.6) is 0 Å². The third-order valence-corrected chi connectivity index (χ3v) is 5.80. The number of aromatic nitrogens is 2. The number of hydrogen-bond donors (Lipinski definition) is 1. The maximum atomic E-state index is 12.8. The molecule has 23 heavy (non-hydrogen) atoms. The second kappa shape index (κ2) is 6.09. The van der Waals surface area contributed by atoms with Crippen molar-refractivity contribution >= 4 is 17.2 Å². The number of amides is 1. The van der Waals surface area contributed by atoms with Crippen molar-refractivity contribution in [2.24, 2.45) is 7.05 Å². The Morgan fingerprint density at radius 3 is 3.04 bits per heavy atom. The van der Waals surface area contributed by atoms with Crippen LogP contribution < -0.4 is 5.32 Å². The van der Waals surface area contributed by atoms with Gasteiger partial charge in [-0.05, 0) is 30.7 Å². The summed E-state index contributed by atoms with van der Waals surface area (Å²) in [6, 6.07) is 4.62. The van der Waals surface area contributed by atoms with E-state index in [2.05, 4.69) is 32.7 Å². The van der Waals surface area contributed by atoms with Crippen LogP contribution in [-0.2, 0) is 24.9 Å². The van der Waals surface area contributed by atoms with Gasteiger partial charge in [0.05, 0.1) is 23.6 Å². The molecule has 1 amide bonds. The molecule has 2 aromatic rings. The minimum Gasteiger partial charge on any atom is -0.353 e. The predicted octanol–water partition coefficient (Wildman–Crippen LogP) is 2.25. The van der Waals surface area contributed by atoms with E-state index in [0.29, 0.717) is 6.04 Å². The van der Waals surface area contributed by atoms with E-state index in [1.807, 2.05) is 17.9 Å². The zero-order valence-corrected chi connectivity index (χ0v) is 14.2. The molecule has 1 atom stereocenters. The molecule has 5 nitrogen and oxygen atoms in total. The zero-order chi connectivity index (χ0) is 15.8. The number of thiophene rings is 1. The fraction of sp³-hybridized carbons (Fsp3) is 0.529. The van der Waals surface area contributed by atoms with Crippen molar-refractivity contribution in [3.05, 3.63) is 40.1 Å². The number of carbonyl (C=O) groups excluding carboxylic acids is 1. The molecule has 6 heteroatoms. The summed E-state index contributed by atoms with van der Waals surface area (Å²) in [4.78, 5) is 21.0. The topological polar surface area (TPSA) is 50.2 Å². The number of aryl methyl sites for hydroxylation is 1. The molecule has 2 aromatic heterocycles. The fourth-order valence-corrected chi connectivity index (χ4v) is 4.23. The molecule has 0 spiro atoms. The Kier molecular flexibility index (Phi) is 3.95. The summed E-state index contributed by atoms with van der Waals surface area (Å²) in [7, 11) is 1.99. The monoisotopic (exact) mass is 330 g/mol. The van der Waals surface area contributed by atoms with Crippen LogP contribution in [-0.4, -0.2) is 32.9 Å². The highest BCUT2D eigenvalue weighted by Crippen LogP contribution is 2.30. The normalized spacial score (nSPS) is 21.7. The number of imidazole rings is 1. The summed E-state index contributed by atoms with van der Waals surface area (Å²) >= 11 is 1.77. The summed E-state index contributed by atoms with van der Waals surface area (Å²) in [6.07, 6.45) is 5.31. The lowest BCUT2D eigenvalue weighted by molar-refractivity contribution is -0.124. The van der Waals surface area contributed by atoms with Crippen molar-refractivity contribution in [2.45, 2.75) is 44.3 Å². The van der Waals surface area contributed by atoms with Gasteiger partial charge in [-0.25, -0.2) is 4.98 Å². The second-order valence-electron chi connectivity index (χ2n) is 6.63. The fourth-order valence-electron chi connectivity index (χ4n) is 3.48. The number of nitrogens with zero attached hydrogens (tertiary/aromatic N) is 3. The predicted molar refractivity (Wildman–Crippen MR) is 90.2 cm³/mol. The van der Waals surface area contributed by atoms with Gasteiger partial charge in [-0.1, -0.05) is 6.07 Å². The molecule has 0 saturated heterocycles. The third kappa shape index (κ3) is 2.93. The Labute approximate surface area is 140 Å².